The zero-order valence-corrected chi connectivity index (χ0v) is 63.8. The fourth-order valence-electron chi connectivity index (χ4n) is 14.0. The lowest BCUT2D eigenvalue weighted by atomic mass is 10.00. The van der Waals surface area contributed by atoms with E-state index in [2.05, 4.69) is 86.2 Å². The van der Waals surface area contributed by atoms with Gasteiger partial charge in [-0.2, -0.15) is 39.5 Å². The van der Waals surface area contributed by atoms with E-state index in [1.807, 2.05) is 40.7 Å². The zero-order valence-electron chi connectivity index (χ0n) is 63.8. The Labute approximate surface area is 665 Å². The van der Waals surface area contributed by atoms with E-state index in [0.717, 1.165) is 42.6 Å². The lowest BCUT2D eigenvalue weighted by Crippen LogP contribution is -2.44. The lowest BCUT2D eigenvalue weighted by Gasteiger charge is -2.35. The largest absolute Gasteiger partial charge is 0.454 e. The maximum Gasteiger partial charge on any atom is 0.417 e. The number of dihydropyridines is 3. The first kappa shape index (κ1) is 83.1. The van der Waals surface area contributed by atoms with Crippen LogP contribution in [-0.2, 0) is 23.9 Å². The molecule has 0 spiro atoms. The van der Waals surface area contributed by atoms with Gasteiger partial charge in [-0.3, -0.25) is 14.4 Å². The summed E-state index contributed by atoms with van der Waals surface area (Å²) >= 11 is 0. The molecule has 15 rings (SSSR count). The fourth-order valence-corrected chi connectivity index (χ4v) is 14.0. The van der Waals surface area contributed by atoms with Gasteiger partial charge in [-0.15, -0.1) is 0 Å². The number of fused-ring (bicyclic) bond motifs is 1. The van der Waals surface area contributed by atoms with Crippen molar-refractivity contribution in [2.45, 2.75) is 18.5 Å². The van der Waals surface area contributed by atoms with E-state index in [-0.39, 0.29) is 57.6 Å². The molecule has 9 aliphatic rings. The first-order valence-corrected chi connectivity index (χ1v) is 37.2. The Hall–Kier alpha value is -11.9. The van der Waals surface area contributed by atoms with E-state index < -0.39 is 87.1 Å². The molecule has 9 aliphatic heterocycles. The van der Waals surface area contributed by atoms with E-state index in [9.17, 15) is 53.9 Å². The number of aromatic nitrogens is 3. The van der Waals surface area contributed by atoms with Gasteiger partial charge in [0, 0.05) is 187 Å². The van der Waals surface area contributed by atoms with Gasteiger partial charge >= 0.3 is 18.5 Å². The molecule has 0 radical (unpaired) electrons. The molecule has 3 amide bonds. The number of morpholine rings is 2. The Kier molecular flexibility index (Phi) is 25.1. The predicted octanol–water partition coefficient (Wildman–Crippen LogP) is 11.6. The molecule has 5 saturated heterocycles. The Morgan fingerprint density at radius 3 is 1.11 bits per heavy atom. The molecule has 6 N–H and O–H groups in total. The molecule has 24 nitrogen and oxygen atoms in total. The van der Waals surface area contributed by atoms with Crippen LogP contribution in [0.2, 0.25) is 0 Å². The Balaban J connectivity index is 0.000000153. The van der Waals surface area contributed by atoms with Crippen LogP contribution in [0.25, 0.3) is 33.4 Å². The maximum atomic E-state index is 15.6. The topological polar surface area (TPSA) is 225 Å². The molecule has 0 saturated carbocycles. The van der Waals surface area contributed by atoms with Crippen molar-refractivity contribution in [3.8, 4) is 44.9 Å². The van der Waals surface area contributed by atoms with Gasteiger partial charge in [-0.25, -0.2) is 28.1 Å². The number of allylic oxidation sites excluding steroid dienone is 3. The minimum Gasteiger partial charge on any atom is -0.454 e. The zero-order chi connectivity index (χ0) is 83.2. The summed E-state index contributed by atoms with van der Waals surface area (Å²) in [5, 5.41) is 15.5. The van der Waals surface area contributed by atoms with Crippen molar-refractivity contribution in [2.24, 2.45) is 0 Å². The number of carbonyl (C=O) groups excluding carboxylic acids is 3. The summed E-state index contributed by atoms with van der Waals surface area (Å²) in [5.74, 6) is -2.40. The van der Waals surface area contributed by atoms with Gasteiger partial charge in [0.05, 0.1) is 94.0 Å². The van der Waals surface area contributed by atoms with Gasteiger partial charge < -0.3 is 90.0 Å². The average Bonchev–Trinajstić information content (AvgIpc) is 1.45. The average molecular weight is 1630 g/mol. The van der Waals surface area contributed by atoms with Crippen molar-refractivity contribution in [3.63, 3.8) is 0 Å². The monoisotopic (exact) mass is 1630 g/mol. The Morgan fingerprint density at radius 2 is 0.744 bits per heavy atom. The van der Waals surface area contributed by atoms with Crippen LogP contribution >= 0.6 is 0 Å². The van der Waals surface area contributed by atoms with Crippen molar-refractivity contribution >= 4 is 63.6 Å². The van der Waals surface area contributed by atoms with Crippen molar-refractivity contribution in [3.05, 3.63) is 210 Å². The number of carbonyl (C=O) groups is 3. The van der Waals surface area contributed by atoms with Gasteiger partial charge in [0.15, 0.2) is 11.5 Å². The van der Waals surface area contributed by atoms with Crippen LogP contribution in [0.5, 0.6) is 11.5 Å². The molecule has 117 heavy (non-hydrogen) atoms. The number of halogens is 12. The van der Waals surface area contributed by atoms with E-state index in [1.54, 1.807) is 36.5 Å². The van der Waals surface area contributed by atoms with Crippen molar-refractivity contribution in [1.29, 1.82) is 0 Å². The first-order valence-electron chi connectivity index (χ1n) is 37.2. The summed E-state index contributed by atoms with van der Waals surface area (Å²) in [4.78, 5) is 68.9. The first-order chi connectivity index (χ1) is 55.8. The molecule has 0 atom stereocenters. The number of rotatable bonds is 14. The predicted molar refractivity (Wildman–Crippen MR) is 420 cm³/mol. The number of benzene rings is 4. The third-order valence-electron chi connectivity index (χ3n) is 20.5. The standard InChI is InChI=1S/C28H30F4N6O2.C27H29F4N7O2.C26H24F4N4O3/c1-18-13-22(28(30,31)32)21(17-33-18)27(39)35-24-14-20(23(29)15-25(24)37-7-5-36(2)6-8-37)19-3-4-26(34-16-19)38-9-11-40-12-10-38;1-17-11-21(27(29,30)31)20(16-32-17)25(39)35-23-12-19(22(28)13-24(23)37-5-3-36(2)4-6-37)18-14-33-26(34-15-18)38-7-9-40-10-8-38;1-15-9-19(26(28,29)30)18(13-31-15)25(35)32-21-11-17(16-3-4-23-24(10-16)37-14-36-23)20(27)12-22(21)34-7-5-33(2)6-8-34/h3-4,13-17,33H,1,5-12H2,2H3,(H,35,39);11-16,32H,1,3-10H2,2H3,(H,35,39);3-4,9-13,31H,1,5-8,14H2,2H3,(H,32,35). The second kappa shape index (κ2) is 35.3. The molecule has 0 bridgehead atoms. The summed E-state index contributed by atoms with van der Waals surface area (Å²) in [6.45, 7) is 23.1. The minimum atomic E-state index is -4.78. The molecule has 4 aromatic carbocycles. The Bertz CT molecular complexity index is 4790. The molecule has 11 heterocycles. The number of nitrogens with zero attached hydrogens (tertiary/aromatic N) is 11. The van der Waals surface area contributed by atoms with Crippen molar-refractivity contribution in [1.82, 2.24) is 45.6 Å². The fraction of sp³-hybridized carbons (Fsp3) is 0.333. The number of pyridine rings is 1. The summed E-state index contributed by atoms with van der Waals surface area (Å²) in [6, 6.07) is 16.7. The summed E-state index contributed by atoms with van der Waals surface area (Å²) < 4.78 is 191. The van der Waals surface area contributed by atoms with Gasteiger partial charge in [0.25, 0.3) is 17.7 Å². The van der Waals surface area contributed by atoms with Gasteiger partial charge in [0.2, 0.25) is 12.7 Å². The number of anilines is 8. The van der Waals surface area contributed by atoms with Crippen molar-refractivity contribution < 1.29 is 86.0 Å². The number of amides is 3. The number of piperazine rings is 3. The highest BCUT2D eigenvalue weighted by Crippen LogP contribution is 2.44. The highest BCUT2D eigenvalue weighted by Gasteiger charge is 2.43. The maximum absolute atomic E-state index is 15.6. The molecule has 618 valence electrons. The van der Waals surface area contributed by atoms with Crippen molar-refractivity contribution in [2.75, 3.05) is 200 Å². The lowest BCUT2D eigenvalue weighted by molar-refractivity contribution is -0.115. The normalized spacial score (nSPS) is 18.4. The molecule has 36 heteroatoms. The van der Waals surface area contributed by atoms with Crippen LogP contribution in [0.4, 0.5) is 98.6 Å². The third kappa shape index (κ3) is 19.8. The van der Waals surface area contributed by atoms with Crippen LogP contribution in [0, 0.1) is 17.5 Å². The van der Waals surface area contributed by atoms with E-state index in [4.69, 9.17) is 18.9 Å². The van der Waals surface area contributed by atoms with Crippen LogP contribution in [0.3, 0.4) is 0 Å². The van der Waals surface area contributed by atoms with E-state index >= 15 is 13.2 Å². The van der Waals surface area contributed by atoms with Gasteiger partial charge in [0.1, 0.15) is 23.3 Å². The quantitative estimate of drug-likeness (QED) is 0.0558. The van der Waals surface area contributed by atoms with Crippen LogP contribution in [0.1, 0.15) is 0 Å². The SMILES string of the molecule is C=C1C=C(C(F)(F)F)C(C(=O)Nc2cc(-c3ccc(N4CCOCC4)nc3)c(F)cc2N2CCN(C)CC2)=CN1.C=C1C=C(C(F)(F)F)C(C(=O)Nc2cc(-c3ccc4c(c3)OCO4)c(F)cc2N2CCN(C)CC2)=CN1.C=C1C=C(C(F)(F)F)C(C(=O)Nc2cc(-c3cnc(N4CCOCC4)nc3)c(F)cc2N2CCN(C)CC2)=CN1. The number of likely N-dealkylation sites (N-methyl/N-ethyl adjacent to an activating group) is 3. The summed E-state index contributed by atoms with van der Waals surface area (Å²) in [7, 11) is 5.90. The number of ether oxygens (including phenoxy) is 4. The summed E-state index contributed by atoms with van der Waals surface area (Å²) in [6.07, 6.45) is -4.53. The second-order valence-corrected chi connectivity index (χ2v) is 28.6. The molecule has 2 aromatic heterocycles. The molecular formula is C81H83F12N17O7. The second-order valence-electron chi connectivity index (χ2n) is 28.6. The molecular weight excluding hydrogens is 1550 g/mol. The minimum absolute atomic E-state index is 0.00611. The number of alkyl halides is 9. The third-order valence-corrected chi connectivity index (χ3v) is 20.5. The van der Waals surface area contributed by atoms with Gasteiger partial charge in [-0.05, 0) is 106 Å². The molecule has 0 unspecified atom stereocenters. The smallest absolute Gasteiger partial charge is 0.417 e. The van der Waals surface area contributed by atoms with Crippen LogP contribution in [-0.4, -0.2) is 225 Å². The number of nitrogens with one attached hydrogen (secondary N) is 6. The number of hydrogen-bond acceptors (Lipinski definition) is 21. The molecule has 5 fully saturated rings. The number of hydrogen-bond donors (Lipinski definition) is 6. The van der Waals surface area contributed by atoms with Crippen LogP contribution in [0.15, 0.2) is 192 Å². The Morgan fingerprint density at radius 1 is 0.402 bits per heavy atom. The molecule has 6 aromatic rings. The highest BCUT2D eigenvalue weighted by molar-refractivity contribution is 6.11. The molecule has 0 aliphatic carbocycles. The van der Waals surface area contributed by atoms with Gasteiger partial charge in [-0.1, -0.05) is 25.8 Å². The highest BCUT2D eigenvalue weighted by atomic mass is 19.4. The van der Waals surface area contributed by atoms with E-state index in [0.29, 0.717) is 182 Å². The van der Waals surface area contributed by atoms with Crippen LogP contribution < -0.4 is 65.9 Å². The van der Waals surface area contributed by atoms with E-state index in [1.165, 1.54) is 48.8 Å². The summed E-state index contributed by atoms with van der Waals surface area (Å²) in [5.41, 5.74) is -1.66.